The quantitative estimate of drug-likeness (QED) is 0.498. The molecule has 95 valence electrons. The van der Waals surface area contributed by atoms with Gasteiger partial charge in [0.15, 0.2) is 0 Å². The van der Waals surface area contributed by atoms with Gasteiger partial charge in [-0.05, 0) is 42.3 Å². The molecule has 0 atom stereocenters. The number of aryl methyl sites for hydroxylation is 1. The average Bonchev–Trinajstić information content (AvgIpc) is 2.25. The summed E-state index contributed by atoms with van der Waals surface area (Å²) in [6, 6.07) is 6.63. The van der Waals surface area contributed by atoms with Crippen molar-refractivity contribution in [3.05, 3.63) is 36.8 Å². The van der Waals surface area contributed by atoms with E-state index < -0.39 is 5.51 Å². The van der Waals surface area contributed by atoms with Gasteiger partial charge >= 0.3 is 5.51 Å². The summed E-state index contributed by atoms with van der Waals surface area (Å²) in [7, 11) is 0. The molecular formula is C13H16F3S. The molecule has 0 aliphatic carbocycles. The van der Waals surface area contributed by atoms with Gasteiger partial charge in [0.25, 0.3) is 0 Å². The second-order valence-corrected chi connectivity index (χ2v) is 4.99. The molecule has 0 nitrogen and oxygen atoms in total. The summed E-state index contributed by atoms with van der Waals surface area (Å²) in [5.74, 6) is 0. The molecule has 4 heteroatoms. The van der Waals surface area contributed by atoms with Crippen molar-refractivity contribution in [1.82, 2.24) is 0 Å². The standard InChI is InChI=1S/C13H16F3S/c1-2-3-4-5-6-11-7-9-12(10-8-11)17-13(14,15)16/h7-10H,1-6H2. The van der Waals surface area contributed by atoms with Crippen molar-refractivity contribution in [3.8, 4) is 0 Å². The lowest BCUT2D eigenvalue weighted by Crippen LogP contribution is -1.98. The first-order chi connectivity index (χ1) is 8.01. The van der Waals surface area contributed by atoms with E-state index in [1.807, 2.05) is 0 Å². The van der Waals surface area contributed by atoms with Crippen LogP contribution in [-0.4, -0.2) is 5.51 Å². The van der Waals surface area contributed by atoms with Crippen LogP contribution >= 0.6 is 11.8 Å². The minimum Gasteiger partial charge on any atom is -0.160 e. The first-order valence-corrected chi connectivity index (χ1v) is 6.47. The molecule has 1 aromatic rings. The summed E-state index contributed by atoms with van der Waals surface area (Å²) in [6.45, 7) is 3.77. The lowest BCUT2D eigenvalue weighted by atomic mass is 10.1. The fourth-order valence-corrected chi connectivity index (χ4v) is 2.08. The van der Waals surface area contributed by atoms with E-state index in [1.54, 1.807) is 12.1 Å². The number of thioether (sulfide) groups is 1. The van der Waals surface area contributed by atoms with E-state index in [0.29, 0.717) is 0 Å². The van der Waals surface area contributed by atoms with Crippen molar-refractivity contribution in [3.63, 3.8) is 0 Å². The summed E-state index contributed by atoms with van der Waals surface area (Å²) in [5, 5.41) is 0. The van der Waals surface area contributed by atoms with Gasteiger partial charge in [0, 0.05) is 4.90 Å². The maximum atomic E-state index is 12.1. The number of halogens is 3. The molecular weight excluding hydrogens is 245 g/mol. The van der Waals surface area contributed by atoms with Crippen molar-refractivity contribution < 1.29 is 13.2 Å². The molecule has 0 amide bonds. The lowest BCUT2D eigenvalue weighted by Gasteiger charge is -2.06. The Balaban J connectivity index is 2.39. The second-order valence-electron chi connectivity index (χ2n) is 3.86. The number of alkyl halides is 3. The molecule has 1 aromatic carbocycles. The number of hydrogen-bond acceptors (Lipinski definition) is 1. The Kier molecular flexibility index (Phi) is 5.89. The highest BCUT2D eigenvalue weighted by Gasteiger charge is 2.28. The summed E-state index contributed by atoms with van der Waals surface area (Å²) in [5.41, 5.74) is -3.10. The van der Waals surface area contributed by atoms with Gasteiger partial charge in [-0.15, -0.1) is 0 Å². The number of rotatable bonds is 6. The minimum atomic E-state index is -4.20. The molecule has 1 radical (unpaired) electrons. The molecule has 0 aliphatic heterocycles. The van der Waals surface area contributed by atoms with Crippen molar-refractivity contribution in [1.29, 1.82) is 0 Å². The summed E-state index contributed by atoms with van der Waals surface area (Å²) >= 11 is -0.0668. The van der Waals surface area contributed by atoms with Gasteiger partial charge in [0.2, 0.25) is 0 Å². The maximum Gasteiger partial charge on any atom is 0.446 e. The highest BCUT2D eigenvalue weighted by Crippen LogP contribution is 2.36. The third-order valence-corrected chi connectivity index (χ3v) is 3.11. The predicted molar refractivity (Wildman–Crippen MR) is 65.9 cm³/mol. The third kappa shape index (κ3) is 6.61. The zero-order valence-corrected chi connectivity index (χ0v) is 10.4. The van der Waals surface area contributed by atoms with Gasteiger partial charge in [0.1, 0.15) is 0 Å². The van der Waals surface area contributed by atoms with Gasteiger partial charge in [0.05, 0.1) is 0 Å². The average molecular weight is 261 g/mol. The molecule has 0 fully saturated rings. The fourth-order valence-electron chi connectivity index (χ4n) is 1.54. The van der Waals surface area contributed by atoms with Crippen LogP contribution in [0.15, 0.2) is 29.2 Å². The third-order valence-electron chi connectivity index (χ3n) is 2.37. The Hall–Kier alpha value is -0.640. The van der Waals surface area contributed by atoms with E-state index in [2.05, 4.69) is 6.92 Å². The predicted octanol–water partition coefficient (Wildman–Crippen LogP) is 5.24. The van der Waals surface area contributed by atoms with E-state index in [1.165, 1.54) is 12.1 Å². The monoisotopic (exact) mass is 261 g/mol. The Morgan fingerprint density at radius 3 is 2.18 bits per heavy atom. The molecule has 0 aliphatic rings. The molecule has 0 saturated carbocycles. The normalized spacial score (nSPS) is 11.8. The molecule has 0 N–H and O–H groups in total. The maximum absolute atomic E-state index is 12.1. The van der Waals surface area contributed by atoms with Crippen molar-refractivity contribution in [2.45, 2.75) is 42.5 Å². The van der Waals surface area contributed by atoms with Gasteiger partial charge in [-0.3, -0.25) is 0 Å². The van der Waals surface area contributed by atoms with Gasteiger partial charge < -0.3 is 0 Å². The Labute approximate surface area is 105 Å². The summed E-state index contributed by atoms with van der Waals surface area (Å²) < 4.78 is 36.3. The Morgan fingerprint density at radius 2 is 1.65 bits per heavy atom. The fraction of sp³-hybridized carbons (Fsp3) is 0.462. The van der Waals surface area contributed by atoms with E-state index in [9.17, 15) is 13.2 Å². The number of hydrogen-bond donors (Lipinski definition) is 0. The topological polar surface area (TPSA) is 0 Å². The first kappa shape index (κ1) is 14.4. The van der Waals surface area contributed by atoms with Gasteiger partial charge in [-0.25, -0.2) is 0 Å². The molecule has 0 saturated heterocycles. The second kappa shape index (κ2) is 6.94. The van der Waals surface area contributed by atoms with Crippen LogP contribution in [0.5, 0.6) is 0 Å². The SMILES string of the molecule is [CH2]CCCCCc1ccc(SC(F)(F)F)cc1. The number of unbranched alkanes of at least 4 members (excludes halogenated alkanes) is 3. The van der Waals surface area contributed by atoms with Crippen LogP contribution in [0.3, 0.4) is 0 Å². The van der Waals surface area contributed by atoms with Crippen LogP contribution in [0.25, 0.3) is 0 Å². The van der Waals surface area contributed by atoms with Crippen molar-refractivity contribution >= 4 is 11.8 Å². The van der Waals surface area contributed by atoms with E-state index in [0.717, 1.165) is 37.7 Å². The molecule has 17 heavy (non-hydrogen) atoms. The van der Waals surface area contributed by atoms with E-state index in [4.69, 9.17) is 0 Å². The van der Waals surface area contributed by atoms with Crippen LogP contribution < -0.4 is 0 Å². The van der Waals surface area contributed by atoms with Crippen LogP contribution in [-0.2, 0) is 6.42 Å². The van der Waals surface area contributed by atoms with Crippen LogP contribution in [0.2, 0.25) is 0 Å². The van der Waals surface area contributed by atoms with E-state index in [-0.39, 0.29) is 16.7 Å². The zero-order chi connectivity index (χ0) is 12.7. The smallest absolute Gasteiger partial charge is 0.160 e. The summed E-state index contributed by atoms with van der Waals surface area (Å²) in [6.07, 6.45) is 5.18. The summed E-state index contributed by atoms with van der Waals surface area (Å²) in [4.78, 5) is 0.249. The van der Waals surface area contributed by atoms with Crippen LogP contribution in [0, 0.1) is 6.92 Å². The van der Waals surface area contributed by atoms with Gasteiger partial charge in [-0.2, -0.15) is 13.2 Å². The first-order valence-electron chi connectivity index (χ1n) is 5.65. The van der Waals surface area contributed by atoms with Crippen LogP contribution in [0.1, 0.15) is 31.2 Å². The molecule has 0 unspecified atom stereocenters. The van der Waals surface area contributed by atoms with Crippen LogP contribution in [0.4, 0.5) is 13.2 Å². The molecule has 0 bridgehead atoms. The van der Waals surface area contributed by atoms with Gasteiger partial charge in [-0.1, -0.05) is 38.3 Å². The molecule has 0 aromatic heterocycles. The number of benzene rings is 1. The Morgan fingerprint density at radius 1 is 1.00 bits per heavy atom. The highest BCUT2D eigenvalue weighted by atomic mass is 32.2. The largest absolute Gasteiger partial charge is 0.446 e. The molecule has 0 spiro atoms. The van der Waals surface area contributed by atoms with Crippen molar-refractivity contribution in [2.75, 3.05) is 0 Å². The molecule has 0 heterocycles. The van der Waals surface area contributed by atoms with Crippen molar-refractivity contribution in [2.24, 2.45) is 0 Å². The zero-order valence-electron chi connectivity index (χ0n) is 9.59. The Bertz CT molecular complexity index is 316. The van der Waals surface area contributed by atoms with E-state index >= 15 is 0 Å². The highest BCUT2D eigenvalue weighted by molar-refractivity contribution is 8.00. The molecule has 1 rings (SSSR count). The minimum absolute atomic E-state index is 0.0668. The lowest BCUT2D eigenvalue weighted by molar-refractivity contribution is -0.0328.